The molecule has 2 aromatic rings. The van der Waals surface area contributed by atoms with Crippen LogP contribution in [0.15, 0.2) is 42.5 Å². The largest absolute Gasteiger partial charge is 0.416 e. The van der Waals surface area contributed by atoms with E-state index in [2.05, 4.69) is 0 Å². The molecule has 0 spiro atoms. The molecule has 2 aromatic carbocycles. The molecule has 20 heavy (non-hydrogen) atoms. The van der Waals surface area contributed by atoms with Crippen molar-refractivity contribution in [3.8, 4) is 0 Å². The summed E-state index contributed by atoms with van der Waals surface area (Å²) in [6.07, 6.45) is -4.57. The number of hydrogen-bond donors (Lipinski definition) is 0. The molecule has 0 N–H and O–H groups in total. The maximum absolute atomic E-state index is 13.1. The van der Waals surface area contributed by atoms with Crippen molar-refractivity contribution >= 4 is 11.6 Å². The predicted octanol–water partition coefficient (Wildman–Crippen LogP) is 5.31. The summed E-state index contributed by atoms with van der Waals surface area (Å²) in [5.41, 5.74) is -1.04. The van der Waals surface area contributed by atoms with E-state index in [1.54, 1.807) is 0 Å². The summed E-state index contributed by atoms with van der Waals surface area (Å²) < 4.78 is 64.6. The smallest absolute Gasteiger partial charge is 0.204 e. The molecule has 0 saturated carbocycles. The first-order valence-corrected chi connectivity index (χ1v) is 5.99. The first-order chi connectivity index (χ1) is 9.30. The van der Waals surface area contributed by atoms with Crippen molar-refractivity contribution in [2.24, 2.45) is 0 Å². The summed E-state index contributed by atoms with van der Waals surface area (Å²) in [5, 5.41) is -1.22. The number of rotatable bonds is 2. The van der Waals surface area contributed by atoms with Crippen molar-refractivity contribution < 1.29 is 22.0 Å². The lowest BCUT2D eigenvalue weighted by Crippen LogP contribution is -2.10. The maximum Gasteiger partial charge on any atom is 0.416 e. The van der Waals surface area contributed by atoms with Crippen LogP contribution in [0.4, 0.5) is 22.0 Å². The number of benzene rings is 2. The molecular weight excluding hydrogens is 299 g/mol. The highest BCUT2D eigenvalue weighted by Crippen LogP contribution is 2.39. The molecular formula is C14H8ClF5. The first kappa shape index (κ1) is 14.8. The van der Waals surface area contributed by atoms with E-state index in [4.69, 9.17) is 11.6 Å². The van der Waals surface area contributed by atoms with Crippen LogP contribution >= 0.6 is 11.6 Å². The summed E-state index contributed by atoms with van der Waals surface area (Å²) in [6.45, 7) is 0. The van der Waals surface area contributed by atoms with Gasteiger partial charge in [0.25, 0.3) is 0 Å². The summed E-state index contributed by atoms with van der Waals surface area (Å²) in [4.78, 5) is 0. The average Bonchev–Trinajstić information content (AvgIpc) is 2.40. The van der Waals surface area contributed by atoms with Gasteiger partial charge in [0.2, 0.25) is 0 Å². The van der Waals surface area contributed by atoms with E-state index >= 15 is 0 Å². The molecule has 0 aliphatic carbocycles. The maximum atomic E-state index is 13.1. The van der Waals surface area contributed by atoms with E-state index in [9.17, 15) is 22.0 Å². The van der Waals surface area contributed by atoms with Crippen molar-refractivity contribution in [1.82, 2.24) is 0 Å². The molecule has 2 rings (SSSR count). The van der Waals surface area contributed by atoms with Crippen LogP contribution in [0.3, 0.4) is 0 Å². The molecule has 0 amide bonds. The molecule has 6 heteroatoms. The predicted molar refractivity (Wildman–Crippen MR) is 65.5 cm³/mol. The summed E-state index contributed by atoms with van der Waals surface area (Å²) in [6, 6.07) is 7.52. The van der Waals surface area contributed by atoms with Crippen molar-refractivity contribution in [3.05, 3.63) is 70.8 Å². The molecule has 0 heterocycles. The van der Waals surface area contributed by atoms with Gasteiger partial charge in [-0.25, -0.2) is 8.78 Å². The molecule has 0 bridgehead atoms. The van der Waals surface area contributed by atoms with E-state index in [1.165, 1.54) is 18.2 Å². The van der Waals surface area contributed by atoms with Gasteiger partial charge in [-0.15, -0.1) is 11.6 Å². The number of halogens is 6. The van der Waals surface area contributed by atoms with Gasteiger partial charge < -0.3 is 0 Å². The lowest BCUT2D eigenvalue weighted by Gasteiger charge is -2.17. The highest BCUT2D eigenvalue weighted by atomic mass is 35.5. The van der Waals surface area contributed by atoms with Crippen molar-refractivity contribution in [2.75, 3.05) is 0 Å². The highest BCUT2D eigenvalue weighted by molar-refractivity contribution is 6.22. The van der Waals surface area contributed by atoms with E-state index in [1.807, 2.05) is 0 Å². The Bertz CT molecular complexity index is 621. The molecule has 0 aliphatic heterocycles. The molecule has 1 atom stereocenters. The van der Waals surface area contributed by atoms with Gasteiger partial charge in [-0.2, -0.15) is 13.2 Å². The van der Waals surface area contributed by atoms with Gasteiger partial charge in [-0.3, -0.25) is 0 Å². The minimum absolute atomic E-state index is 0.0577. The Balaban J connectivity index is 2.48. The Morgan fingerprint density at radius 1 is 0.900 bits per heavy atom. The van der Waals surface area contributed by atoms with Crippen LogP contribution < -0.4 is 0 Å². The zero-order valence-corrected chi connectivity index (χ0v) is 10.6. The second-order valence-electron chi connectivity index (χ2n) is 4.12. The van der Waals surface area contributed by atoms with E-state index in [0.29, 0.717) is 0 Å². The van der Waals surface area contributed by atoms with Gasteiger partial charge in [0.05, 0.1) is 10.9 Å². The van der Waals surface area contributed by atoms with Crippen LogP contribution in [0.2, 0.25) is 0 Å². The molecule has 0 nitrogen and oxygen atoms in total. The van der Waals surface area contributed by atoms with Gasteiger partial charge in [-0.1, -0.05) is 24.3 Å². The van der Waals surface area contributed by atoms with E-state index in [-0.39, 0.29) is 11.1 Å². The lowest BCUT2D eigenvalue weighted by atomic mass is 9.99. The monoisotopic (exact) mass is 306 g/mol. The van der Waals surface area contributed by atoms with Crippen LogP contribution in [-0.4, -0.2) is 0 Å². The minimum Gasteiger partial charge on any atom is -0.204 e. The summed E-state index contributed by atoms with van der Waals surface area (Å²) >= 11 is 5.98. The fraction of sp³-hybridized carbons (Fsp3) is 0.143. The van der Waals surface area contributed by atoms with Gasteiger partial charge >= 0.3 is 6.18 Å². The van der Waals surface area contributed by atoms with Gasteiger partial charge in [-0.05, 0) is 29.3 Å². The highest BCUT2D eigenvalue weighted by Gasteiger charge is 2.34. The third kappa shape index (κ3) is 2.93. The molecule has 106 valence electrons. The van der Waals surface area contributed by atoms with Crippen LogP contribution in [-0.2, 0) is 6.18 Å². The Kier molecular flexibility index (Phi) is 3.99. The fourth-order valence-electron chi connectivity index (χ4n) is 1.83. The van der Waals surface area contributed by atoms with E-state index in [0.717, 1.165) is 24.3 Å². The van der Waals surface area contributed by atoms with Crippen LogP contribution in [0.25, 0.3) is 0 Å². The van der Waals surface area contributed by atoms with Gasteiger partial charge in [0, 0.05) is 0 Å². The Hall–Kier alpha value is -1.62. The van der Waals surface area contributed by atoms with E-state index < -0.39 is 28.8 Å². The second kappa shape index (κ2) is 5.40. The van der Waals surface area contributed by atoms with Crippen LogP contribution in [0.5, 0.6) is 0 Å². The van der Waals surface area contributed by atoms with Crippen molar-refractivity contribution in [1.29, 1.82) is 0 Å². The Morgan fingerprint density at radius 2 is 1.55 bits per heavy atom. The fourth-order valence-corrected chi connectivity index (χ4v) is 2.15. The molecule has 0 aromatic heterocycles. The van der Waals surface area contributed by atoms with Gasteiger partial charge in [0.15, 0.2) is 11.6 Å². The SMILES string of the molecule is Fc1ccc(C(Cl)c2ccccc2C(F)(F)F)cc1F. The second-order valence-corrected chi connectivity index (χ2v) is 4.56. The van der Waals surface area contributed by atoms with Gasteiger partial charge in [0.1, 0.15) is 0 Å². The Morgan fingerprint density at radius 3 is 2.15 bits per heavy atom. The van der Waals surface area contributed by atoms with Crippen LogP contribution in [0, 0.1) is 11.6 Å². The average molecular weight is 307 g/mol. The zero-order chi connectivity index (χ0) is 14.9. The third-order valence-electron chi connectivity index (χ3n) is 2.78. The Labute approximate surface area is 116 Å². The number of hydrogen-bond acceptors (Lipinski definition) is 0. The molecule has 0 radical (unpaired) electrons. The first-order valence-electron chi connectivity index (χ1n) is 5.56. The van der Waals surface area contributed by atoms with Crippen molar-refractivity contribution in [3.63, 3.8) is 0 Å². The summed E-state index contributed by atoms with van der Waals surface area (Å²) in [7, 11) is 0. The normalized spacial score (nSPS) is 13.3. The molecule has 0 saturated heterocycles. The zero-order valence-electron chi connectivity index (χ0n) is 9.89. The third-order valence-corrected chi connectivity index (χ3v) is 3.26. The van der Waals surface area contributed by atoms with Crippen molar-refractivity contribution in [2.45, 2.75) is 11.6 Å². The standard InChI is InChI=1S/C14H8ClF5/c15-13(8-5-6-11(16)12(17)7-8)9-3-1-2-4-10(9)14(18,19)20/h1-7,13H. The molecule has 0 aliphatic rings. The topological polar surface area (TPSA) is 0 Å². The quantitative estimate of drug-likeness (QED) is 0.521. The molecule has 1 unspecified atom stereocenters. The van der Waals surface area contributed by atoms with Crippen LogP contribution in [0.1, 0.15) is 22.1 Å². The number of alkyl halides is 4. The summed E-state index contributed by atoms with van der Waals surface area (Å²) in [5.74, 6) is -2.24. The lowest BCUT2D eigenvalue weighted by molar-refractivity contribution is -0.138. The molecule has 0 fully saturated rings. The minimum atomic E-state index is -4.57.